The Kier molecular flexibility index (Phi) is 5.06. The van der Waals surface area contributed by atoms with Gasteiger partial charge in [0.2, 0.25) is 5.91 Å². The van der Waals surface area contributed by atoms with Crippen molar-refractivity contribution in [1.82, 2.24) is 5.32 Å². The van der Waals surface area contributed by atoms with Crippen molar-refractivity contribution in [1.29, 1.82) is 0 Å². The number of hydrogen-bond donors (Lipinski definition) is 2. The first-order chi connectivity index (χ1) is 11.6. The van der Waals surface area contributed by atoms with Crippen molar-refractivity contribution in [3.05, 3.63) is 44.6 Å². The molecule has 0 saturated carbocycles. The number of carbonyl (C=O) groups is 2. The number of aryl methyl sites for hydroxylation is 2. The van der Waals surface area contributed by atoms with Crippen LogP contribution in [0.2, 0.25) is 5.02 Å². The third kappa shape index (κ3) is 3.71. The molecule has 0 unspecified atom stereocenters. The Balaban J connectivity index is 1.57. The highest BCUT2D eigenvalue weighted by molar-refractivity contribution is 7.14. The number of thiophene rings is 1. The predicted molar refractivity (Wildman–Crippen MR) is 95.3 cm³/mol. The lowest BCUT2D eigenvalue weighted by Crippen LogP contribution is -2.32. The molecule has 0 atom stereocenters. The van der Waals surface area contributed by atoms with Gasteiger partial charge in [0.05, 0.1) is 24.2 Å². The number of methoxy groups -OCH3 is 1. The van der Waals surface area contributed by atoms with E-state index in [2.05, 4.69) is 10.6 Å². The number of amides is 2. The second-order valence-electron chi connectivity index (χ2n) is 5.49. The Hall–Kier alpha value is -2.05. The van der Waals surface area contributed by atoms with Gasteiger partial charge in [0, 0.05) is 9.90 Å². The van der Waals surface area contributed by atoms with E-state index in [0.717, 1.165) is 19.3 Å². The van der Waals surface area contributed by atoms with E-state index in [1.165, 1.54) is 28.9 Å². The first-order valence-electron chi connectivity index (χ1n) is 7.60. The van der Waals surface area contributed by atoms with Crippen molar-refractivity contribution >= 4 is 40.4 Å². The van der Waals surface area contributed by atoms with E-state index >= 15 is 0 Å². The van der Waals surface area contributed by atoms with E-state index in [1.807, 2.05) is 6.07 Å². The summed E-state index contributed by atoms with van der Waals surface area (Å²) < 4.78 is 5.17. The van der Waals surface area contributed by atoms with Crippen LogP contribution in [0.15, 0.2) is 24.3 Å². The number of rotatable bonds is 5. The van der Waals surface area contributed by atoms with Gasteiger partial charge in [-0.15, -0.1) is 11.3 Å². The number of nitrogens with one attached hydrogen (secondary N) is 2. The van der Waals surface area contributed by atoms with E-state index in [9.17, 15) is 9.59 Å². The monoisotopic (exact) mass is 364 g/mol. The van der Waals surface area contributed by atoms with Gasteiger partial charge in [0.15, 0.2) is 0 Å². The van der Waals surface area contributed by atoms with Crippen LogP contribution in [0.5, 0.6) is 5.75 Å². The van der Waals surface area contributed by atoms with Crippen molar-refractivity contribution < 1.29 is 14.3 Å². The molecule has 0 saturated heterocycles. The fourth-order valence-electron chi connectivity index (χ4n) is 2.66. The lowest BCUT2D eigenvalue weighted by molar-refractivity contribution is -0.115. The molecule has 5 nitrogen and oxygen atoms in total. The molecule has 0 aliphatic heterocycles. The van der Waals surface area contributed by atoms with Gasteiger partial charge in [-0.2, -0.15) is 0 Å². The van der Waals surface area contributed by atoms with Crippen LogP contribution in [0.3, 0.4) is 0 Å². The molecule has 1 aliphatic rings. The maximum Gasteiger partial charge on any atom is 0.261 e. The third-order valence-electron chi connectivity index (χ3n) is 3.82. The maximum atomic E-state index is 12.2. The summed E-state index contributed by atoms with van der Waals surface area (Å²) in [7, 11) is 1.51. The summed E-state index contributed by atoms with van der Waals surface area (Å²) >= 11 is 7.44. The smallest absolute Gasteiger partial charge is 0.261 e. The van der Waals surface area contributed by atoms with Gasteiger partial charge in [0.1, 0.15) is 5.75 Å². The summed E-state index contributed by atoms with van der Waals surface area (Å²) in [4.78, 5) is 26.1. The molecule has 2 N–H and O–H groups in total. The molecule has 126 valence electrons. The topological polar surface area (TPSA) is 67.4 Å². The van der Waals surface area contributed by atoms with Crippen molar-refractivity contribution in [2.45, 2.75) is 19.3 Å². The van der Waals surface area contributed by atoms with Crippen molar-refractivity contribution in [2.75, 3.05) is 19.0 Å². The summed E-state index contributed by atoms with van der Waals surface area (Å²) in [6, 6.07) is 6.88. The first-order valence-corrected chi connectivity index (χ1v) is 8.79. The number of anilines is 1. The molecule has 0 spiro atoms. The van der Waals surface area contributed by atoms with Crippen LogP contribution >= 0.6 is 22.9 Å². The first kappa shape index (κ1) is 16.8. The van der Waals surface area contributed by atoms with Crippen LogP contribution in [-0.2, 0) is 17.6 Å². The Morgan fingerprint density at radius 2 is 2.12 bits per heavy atom. The summed E-state index contributed by atoms with van der Waals surface area (Å²) in [6.07, 6.45) is 3.24. The standard InChI is InChI=1S/C17H17ClN2O3S/c1-23-13-6-5-11(18)8-12(13)20-16(21)9-19-17(22)15-7-10-3-2-4-14(10)24-15/h5-8H,2-4,9H2,1H3,(H,19,22)(H,20,21). The Morgan fingerprint density at radius 3 is 2.88 bits per heavy atom. The maximum absolute atomic E-state index is 12.2. The van der Waals surface area contributed by atoms with E-state index in [-0.39, 0.29) is 18.4 Å². The van der Waals surface area contributed by atoms with Gasteiger partial charge in [-0.25, -0.2) is 0 Å². The highest BCUT2D eigenvalue weighted by Crippen LogP contribution is 2.30. The SMILES string of the molecule is COc1ccc(Cl)cc1NC(=O)CNC(=O)c1cc2c(s1)CCC2. The Morgan fingerprint density at radius 1 is 1.29 bits per heavy atom. The van der Waals surface area contributed by atoms with Gasteiger partial charge in [0.25, 0.3) is 5.91 Å². The number of halogens is 1. The number of fused-ring (bicyclic) bond motifs is 1. The highest BCUT2D eigenvalue weighted by atomic mass is 35.5. The van der Waals surface area contributed by atoms with E-state index < -0.39 is 0 Å². The zero-order valence-electron chi connectivity index (χ0n) is 13.1. The molecule has 1 aromatic carbocycles. The normalized spacial score (nSPS) is 12.6. The summed E-state index contributed by atoms with van der Waals surface area (Å²) in [5, 5.41) is 5.82. The van der Waals surface area contributed by atoms with Gasteiger partial charge in [-0.1, -0.05) is 11.6 Å². The van der Waals surface area contributed by atoms with Crippen molar-refractivity contribution in [3.63, 3.8) is 0 Å². The quantitative estimate of drug-likeness (QED) is 0.855. The molecule has 1 aliphatic carbocycles. The summed E-state index contributed by atoms with van der Waals surface area (Å²) in [6.45, 7) is -0.114. The predicted octanol–water partition coefficient (Wildman–Crippen LogP) is 3.27. The fourth-order valence-corrected chi connectivity index (χ4v) is 4.00. The molecular weight excluding hydrogens is 348 g/mol. The van der Waals surface area contributed by atoms with E-state index in [1.54, 1.807) is 18.2 Å². The van der Waals surface area contributed by atoms with Gasteiger partial charge < -0.3 is 15.4 Å². The average molecular weight is 365 g/mol. The zero-order valence-corrected chi connectivity index (χ0v) is 14.7. The van der Waals surface area contributed by atoms with Gasteiger partial charge >= 0.3 is 0 Å². The number of hydrogen-bond acceptors (Lipinski definition) is 4. The molecule has 7 heteroatoms. The summed E-state index contributed by atoms with van der Waals surface area (Å²) in [5.41, 5.74) is 1.73. The molecular formula is C17H17ClN2O3S. The molecule has 0 radical (unpaired) electrons. The summed E-state index contributed by atoms with van der Waals surface area (Å²) in [5.74, 6) is -0.0515. The van der Waals surface area contributed by atoms with Crippen LogP contribution in [0.4, 0.5) is 5.69 Å². The van der Waals surface area contributed by atoms with Crippen LogP contribution in [-0.4, -0.2) is 25.5 Å². The zero-order chi connectivity index (χ0) is 17.1. The van der Waals surface area contributed by atoms with Crippen LogP contribution in [0, 0.1) is 0 Å². The minimum absolute atomic E-state index is 0.114. The second kappa shape index (κ2) is 7.23. The molecule has 0 bridgehead atoms. The largest absolute Gasteiger partial charge is 0.495 e. The molecule has 24 heavy (non-hydrogen) atoms. The molecule has 1 aromatic heterocycles. The van der Waals surface area contributed by atoms with Crippen LogP contribution in [0.25, 0.3) is 0 Å². The highest BCUT2D eigenvalue weighted by Gasteiger charge is 2.19. The number of benzene rings is 1. The van der Waals surface area contributed by atoms with Crippen molar-refractivity contribution in [3.8, 4) is 5.75 Å². The van der Waals surface area contributed by atoms with Crippen molar-refractivity contribution in [2.24, 2.45) is 0 Å². The molecule has 0 fully saturated rings. The number of ether oxygens (including phenoxy) is 1. The van der Waals surface area contributed by atoms with Crippen LogP contribution in [0.1, 0.15) is 26.5 Å². The van der Waals surface area contributed by atoms with Gasteiger partial charge in [-0.05, 0) is 49.1 Å². The molecule has 3 rings (SSSR count). The minimum Gasteiger partial charge on any atom is -0.495 e. The lowest BCUT2D eigenvalue weighted by atomic mass is 10.2. The van der Waals surface area contributed by atoms with Gasteiger partial charge in [-0.3, -0.25) is 9.59 Å². The molecule has 2 amide bonds. The number of carbonyl (C=O) groups excluding carboxylic acids is 2. The molecule has 2 aromatic rings. The second-order valence-corrected chi connectivity index (χ2v) is 7.06. The fraction of sp³-hybridized carbons (Fsp3) is 0.294. The van der Waals surface area contributed by atoms with Crippen LogP contribution < -0.4 is 15.4 Å². The Bertz CT molecular complexity index is 767. The Labute approximate surface area is 149 Å². The van der Waals surface area contributed by atoms with E-state index in [4.69, 9.17) is 16.3 Å². The minimum atomic E-state index is -0.340. The molecule has 1 heterocycles. The van der Waals surface area contributed by atoms with E-state index in [0.29, 0.717) is 21.3 Å². The average Bonchev–Trinajstić information content (AvgIpc) is 3.14. The lowest BCUT2D eigenvalue weighted by Gasteiger charge is -2.10. The third-order valence-corrected chi connectivity index (χ3v) is 5.29.